The summed E-state index contributed by atoms with van der Waals surface area (Å²) in [5, 5.41) is 12.7. The first-order valence-electron chi connectivity index (χ1n) is 7.10. The Morgan fingerprint density at radius 2 is 1.92 bits per heavy atom. The van der Waals surface area contributed by atoms with Crippen molar-refractivity contribution in [3.63, 3.8) is 0 Å². The third-order valence-corrected chi connectivity index (χ3v) is 3.55. The number of anilines is 1. The molecule has 1 atom stereocenters. The average molecular weight is 385 g/mol. The number of benzene rings is 2. The van der Waals surface area contributed by atoms with Gasteiger partial charge in [0.1, 0.15) is 11.4 Å². The normalized spacial score (nSPS) is 11.5. The Morgan fingerprint density at radius 1 is 1.23 bits per heavy atom. The van der Waals surface area contributed by atoms with Crippen LogP contribution in [0.1, 0.15) is 17.3 Å². The smallest absolute Gasteiger partial charge is 0.343 e. The number of nitro benzene ring substituents is 1. The van der Waals surface area contributed by atoms with Crippen molar-refractivity contribution in [3.8, 4) is 0 Å². The minimum absolute atomic E-state index is 0.0741. The molecule has 7 nitrogen and oxygen atoms in total. The number of esters is 1. The van der Waals surface area contributed by atoms with E-state index >= 15 is 0 Å². The van der Waals surface area contributed by atoms with Gasteiger partial charge in [0.15, 0.2) is 6.10 Å². The van der Waals surface area contributed by atoms with E-state index in [1.807, 2.05) is 0 Å². The number of nitrogens with one attached hydrogen (secondary N) is 1. The number of ether oxygens (including phenoxy) is 1. The van der Waals surface area contributed by atoms with E-state index in [9.17, 15) is 28.5 Å². The summed E-state index contributed by atoms with van der Waals surface area (Å²) in [6, 6.07) is 6.31. The van der Waals surface area contributed by atoms with Crippen LogP contribution in [0.15, 0.2) is 36.4 Å². The second-order valence-electron chi connectivity index (χ2n) is 5.06. The van der Waals surface area contributed by atoms with E-state index < -0.39 is 45.8 Å². The Hall–Kier alpha value is -3.07. The molecular weight excluding hydrogens is 374 g/mol. The van der Waals surface area contributed by atoms with Crippen molar-refractivity contribution in [2.45, 2.75) is 13.0 Å². The summed E-state index contributed by atoms with van der Waals surface area (Å²) in [4.78, 5) is 33.8. The maximum Gasteiger partial charge on any atom is 0.343 e. The predicted octanol–water partition coefficient (Wildman–Crippen LogP) is 3.71. The minimum Gasteiger partial charge on any atom is -0.449 e. The van der Waals surface area contributed by atoms with E-state index in [1.165, 1.54) is 19.1 Å². The van der Waals surface area contributed by atoms with Gasteiger partial charge in [0.2, 0.25) is 5.82 Å². The minimum atomic E-state index is -1.37. The molecule has 0 saturated heterocycles. The van der Waals surface area contributed by atoms with Crippen molar-refractivity contribution in [1.82, 2.24) is 0 Å². The lowest BCUT2D eigenvalue weighted by Gasteiger charge is -2.14. The molecule has 0 spiro atoms. The molecule has 2 rings (SSSR count). The van der Waals surface area contributed by atoms with Crippen molar-refractivity contribution < 1.29 is 28.0 Å². The van der Waals surface area contributed by atoms with Gasteiger partial charge in [-0.3, -0.25) is 14.9 Å². The van der Waals surface area contributed by atoms with Crippen LogP contribution in [0.4, 0.5) is 20.2 Å². The van der Waals surface area contributed by atoms with Gasteiger partial charge in [-0.1, -0.05) is 17.7 Å². The molecule has 2 aromatic rings. The van der Waals surface area contributed by atoms with E-state index in [1.54, 1.807) is 0 Å². The first-order chi connectivity index (χ1) is 12.2. The molecule has 0 aliphatic carbocycles. The molecule has 0 aliphatic heterocycles. The number of carbonyl (C=O) groups excluding carboxylic acids is 2. The van der Waals surface area contributed by atoms with Crippen LogP contribution in [0, 0.1) is 21.7 Å². The average Bonchev–Trinajstić information content (AvgIpc) is 2.56. The van der Waals surface area contributed by atoms with Gasteiger partial charge in [0.25, 0.3) is 5.91 Å². The molecule has 0 unspecified atom stereocenters. The molecule has 0 heterocycles. The number of nitro groups is 1. The molecule has 1 N–H and O–H groups in total. The van der Waals surface area contributed by atoms with E-state index in [2.05, 4.69) is 5.32 Å². The Morgan fingerprint density at radius 3 is 2.54 bits per heavy atom. The summed E-state index contributed by atoms with van der Waals surface area (Å²) in [5.74, 6) is -3.99. The standard InChI is InChI=1S/C16H11ClF2N2O5/c1-8(26-16(23)14-10(17)3-2-4-12(14)19)15(22)20-9-5-6-11(18)13(7-9)21(24)25/h2-8H,1H3,(H,20,22)/t8-/m1/s1. The van der Waals surface area contributed by atoms with Crippen molar-refractivity contribution in [2.75, 3.05) is 5.32 Å². The highest BCUT2D eigenvalue weighted by molar-refractivity contribution is 6.33. The summed E-state index contributed by atoms with van der Waals surface area (Å²) in [6.07, 6.45) is -1.37. The van der Waals surface area contributed by atoms with Gasteiger partial charge in [-0.05, 0) is 31.2 Å². The van der Waals surface area contributed by atoms with Crippen LogP contribution < -0.4 is 5.32 Å². The first kappa shape index (κ1) is 19.3. The fraction of sp³-hybridized carbons (Fsp3) is 0.125. The topological polar surface area (TPSA) is 98.5 Å². The van der Waals surface area contributed by atoms with Gasteiger partial charge in [0, 0.05) is 11.8 Å². The Kier molecular flexibility index (Phi) is 5.83. The third-order valence-electron chi connectivity index (χ3n) is 3.23. The zero-order valence-electron chi connectivity index (χ0n) is 13.2. The van der Waals surface area contributed by atoms with Crippen LogP contribution in [0.3, 0.4) is 0 Å². The highest BCUT2D eigenvalue weighted by Gasteiger charge is 2.24. The lowest BCUT2D eigenvalue weighted by atomic mass is 10.2. The Bertz CT molecular complexity index is 871. The number of amides is 1. The predicted molar refractivity (Wildman–Crippen MR) is 88.0 cm³/mol. The van der Waals surface area contributed by atoms with Crippen LogP contribution in [-0.2, 0) is 9.53 Å². The highest BCUT2D eigenvalue weighted by atomic mass is 35.5. The SMILES string of the molecule is C[C@@H](OC(=O)c1c(F)cccc1Cl)C(=O)Nc1ccc(F)c([N+](=O)[O-])c1. The maximum absolute atomic E-state index is 13.7. The summed E-state index contributed by atoms with van der Waals surface area (Å²) in [5.41, 5.74) is -1.42. The Balaban J connectivity index is 2.10. The quantitative estimate of drug-likeness (QED) is 0.481. The fourth-order valence-electron chi connectivity index (χ4n) is 1.94. The van der Waals surface area contributed by atoms with Crippen molar-refractivity contribution >= 4 is 34.9 Å². The third kappa shape index (κ3) is 4.31. The molecule has 0 saturated carbocycles. The van der Waals surface area contributed by atoms with Crippen LogP contribution in [0.25, 0.3) is 0 Å². The van der Waals surface area contributed by atoms with Crippen LogP contribution in [-0.4, -0.2) is 22.9 Å². The number of nitrogens with zero attached hydrogens (tertiary/aromatic N) is 1. The molecule has 1 amide bonds. The van der Waals surface area contributed by atoms with E-state index in [-0.39, 0.29) is 10.7 Å². The lowest BCUT2D eigenvalue weighted by molar-refractivity contribution is -0.387. The number of halogens is 3. The van der Waals surface area contributed by atoms with Gasteiger partial charge in [0.05, 0.1) is 9.95 Å². The van der Waals surface area contributed by atoms with Crippen LogP contribution in [0.5, 0.6) is 0 Å². The zero-order valence-corrected chi connectivity index (χ0v) is 13.9. The lowest BCUT2D eigenvalue weighted by Crippen LogP contribution is -2.30. The summed E-state index contributed by atoms with van der Waals surface area (Å²) in [7, 11) is 0. The van der Waals surface area contributed by atoms with Crippen molar-refractivity contribution in [1.29, 1.82) is 0 Å². The molecule has 0 aliphatic rings. The van der Waals surface area contributed by atoms with Gasteiger partial charge in [-0.15, -0.1) is 0 Å². The van der Waals surface area contributed by atoms with Gasteiger partial charge in [-0.2, -0.15) is 4.39 Å². The van der Waals surface area contributed by atoms with E-state index in [4.69, 9.17) is 16.3 Å². The fourth-order valence-corrected chi connectivity index (χ4v) is 2.18. The molecule has 0 fully saturated rings. The maximum atomic E-state index is 13.7. The number of hydrogen-bond donors (Lipinski definition) is 1. The molecule has 136 valence electrons. The molecule has 0 bridgehead atoms. The van der Waals surface area contributed by atoms with Crippen molar-refractivity contribution in [3.05, 3.63) is 68.7 Å². The molecule has 26 heavy (non-hydrogen) atoms. The van der Waals surface area contributed by atoms with E-state index in [0.29, 0.717) is 0 Å². The molecule has 0 radical (unpaired) electrons. The summed E-state index contributed by atoms with van der Waals surface area (Å²) >= 11 is 5.74. The van der Waals surface area contributed by atoms with Gasteiger partial charge >= 0.3 is 11.7 Å². The largest absolute Gasteiger partial charge is 0.449 e. The van der Waals surface area contributed by atoms with E-state index in [0.717, 1.165) is 24.3 Å². The second-order valence-corrected chi connectivity index (χ2v) is 5.46. The van der Waals surface area contributed by atoms with Crippen molar-refractivity contribution in [2.24, 2.45) is 0 Å². The number of hydrogen-bond acceptors (Lipinski definition) is 5. The van der Waals surface area contributed by atoms with Gasteiger partial charge in [-0.25, -0.2) is 9.18 Å². The number of carbonyl (C=O) groups is 2. The first-order valence-corrected chi connectivity index (χ1v) is 7.48. The highest BCUT2D eigenvalue weighted by Crippen LogP contribution is 2.23. The van der Waals surface area contributed by atoms with Crippen LogP contribution >= 0.6 is 11.6 Å². The Labute approximate surface area is 150 Å². The second kappa shape index (κ2) is 7.87. The summed E-state index contributed by atoms with van der Waals surface area (Å²) in [6.45, 7) is 1.21. The molecule has 0 aromatic heterocycles. The number of rotatable bonds is 5. The summed E-state index contributed by atoms with van der Waals surface area (Å²) < 4.78 is 31.8. The van der Waals surface area contributed by atoms with Gasteiger partial charge < -0.3 is 10.1 Å². The van der Waals surface area contributed by atoms with Crippen LogP contribution in [0.2, 0.25) is 5.02 Å². The zero-order chi connectivity index (χ0) is 19.4. The monoisotopic (exact) mass is 384 g/mol. The molecule has 2 aromatic carbocycles. The molecule has 10 heteroatoms. The molecular formula is C16H11ClF2N2O5.